The number of halogens is 3. The molecule has 7 nitrogen and oxygen atoms in total. The van der Waals surface area contributed by atoms with Crippen molar-refractivity contribution in [3.63, 3.8) is 0 Å². The van der Waals surface area contributed by atoms with Crippen LogP contribution in [0.4, 0.5) is 19.0 Å². The number of anilines is 1. The molecule has 0 bridgehead atoms. The van der Waals surface area contributed by atoms with E-state index in [1.165, 1.54) is 24.3 Å². The zero-order valence-electron chi connectivity index (χ0n) is 21.6. The average molecular weight is 547 g/mol. The maximum Gasteiger partial charge on any atom is 0.319 e. The standard InChI is InChI=1S/C30H25F3N4O3/c1-3-20-22(32)8-7-17-12-19(38)13-21(23(17)20)26-25(33)27-24-28(36-30(35-27)40-14-16(2)9-10-31)37-11-5-4-6-18(37)15-39-29(24)34-26/h1,4-5,7-8,12-13,16,18,38H,6,9-11,14-15H2,2H3/t16-,18-/m0/s1. The molecule has 2 aromatic carbocycles. The number of aromatic nitrogens is 3. The van der Waals surface area contributed by atoms with Gasteiger partial charge in [-0.25, -0.2) is 13.8 Å². The largest absolute Gasteiger partial charge is 0.508 e. The third-order valence-electron chi connectivity index (χ3n) is 7.26. The Hall–Kier alpha value is -4.52. The number of phenols is 1. The molecule has 0 unspecified atom stereocenters. The second-order valence-electron chi connectivity index (χ2n) is 10.0. The summed E-state index contributed by atoms with van der Waals surface area (Å²) in [7, 11) is 0. The molecule has 0 aliphatic carbocycles. The summed E-state index contributed by atoms with van der Waals surface area (Å²) in [4.78, 5) is 15.5. The first kappa shape index (κ1) is 25.7. The Labute approximate surface area is 228 Å². The number of benzene rings is 2. The maximum absolute atomic E-state index is 16.6. The number of terminal acetylenes is 1. The van der Waals surface area contributed by atoms with Crippen LogP contribution in [0.5, 0.6) is 17.6 Å². The quantitative estimate of drug-likeness (QED) is 0.245. The molecule has 0 spiro atoms. The molecule has 2 atom stereocenters. The van der Waals surface area contributed by atoms with Gasteiger partial charge in [-0.2, -0.15) is 9.97 Å². The molecule has 0 saturated carbocycles. The van der Waals surface area contributed by atoms with Gasteiger partial charge in [0.1, 0.15) is 40.6 Å². The highest BCUT2D eigenvalue weighted by molar-refractivity contribution is 6.04. The van der Waals surface area contributed by atoms with Crippen LogP contribution in [0, 0.1) is 29.9 Å². The summed E-state index contributed by atoms with van der Waals surface area (Å²) >= 11 is 0. The van der Waals surface area contributed by atoms with E-state index < -0.39 is 18.3 Å². The topological polar surface area (TPSA) is 80.6 Å². The highest BCUT2D eigenvalue weighted by Gasteiger charge is 2.33. The summed E-state index contributed by atoms with van der Waals surface area (Å²) in [5.74, 6) is 1.07. The van der Waals surface area contributed by atoms with Crippen LogP contribution in [0.2, 0.25) is 0 Å². The predicted molar refractivity (Wildman–Crippen MR) is 145 cm³/mol. The van der Waals surface area contributed by atoms with Gasteiger partial charge in [0.25, 0.3) is 0 Å². The molecule has 4 heterocycles. The van der Waals surface area contributed by atoms with Crippen molar-refractivity contribution in [3.8, 4) is 41.2 Å². The predicted octanol–water partition coefficient (Wildman–Crippen LogP) is 5.71. The molecule has 204 valence electrons. The SMILES string of the molecule is C#Cc1c(F)ccc2cc(O)cc(-c3nc4c5c(nc(OC[C@@H](C)CCF)nc5c3F)N3CC=CC[C@H]3CO4)c12. The summed E-state index contributed by atoms with van der Waals surface area (Å²) in [5, 5.41) is 11.4. The summed E-state index contributed by atoms with van der Waals surface area (Å²) in [6, 6.07) is 5.19. The fourth-order valence-electron chi connectivity index (χ4n) is 5.21. The van der Waals surface area contributed by atoms with Crippen molar-refractivity contribution in [2.75, 3.05) is 31.3 Å². The monoisotopic (exact) mass is 546 g/mol. The first-order valence-electron chi connectivity index (χ1n) is 13.0. The summed E-state index contributed by atoms with van der Waals surface area (Å²) in [6.07, 6.45) is 10.7. The Morgan fingerprint density at radius 2 is 2.05 bits per heavy atom. The zero-order valence-corrected chi connectivity index (χ0v) is 21.6. The molecular weight excluding hydrogens is 521 g/mol. The number of pyridine rings is 1. The van der Waals surface area contributed by atoms with E-state index in [4.69, 9.17) is 15.9 Å². The minimum Gasteiger partial charge on any atom is -0.508 e. The van der Waals surface area contributed by atoms with Crippen LogP contribution < -0.4 is 14.4 Å². The van der Waals surface area contributed by atoms with Crippen molar-refractivity contribution in [1.29, 1.82) is 0 Å². The second kappa shape index (κ2) is 10.2. The summed E-state index contributed by atoms with van der Waals surface area (Å²) in [5.41, 5.74) is -0.323. The summed E-state index contributed by atoms with van der Waals surface area (Å²) < 4.78 is 56.1. The fourth-order valence-corrected chi connectivity index (χ4v) is 5.21. The summed E-state index contributed by atoms with van der Waals surface area (Å²) in [6.45, 7) is 2.26. The zero-order chi connectivity index (χ0) is 28.0. The number of nitrogens with zero attached hydrogens (tertiary/aromatic N) is 4. The molecule has 2 aliphatic rings. The molecule has 0 amide bonds. The first-order valence-corrected chi connectivity index (χ1v) is 13.0. The van der Waals surface area contributed by atoms with Gasteiger partial charge in [0.05, 0.1) is 24.9 Å². The van der Waals surface area contributed by atoms with Gasteiger partial charge in [-0.05, 0) is 42.3 Å². The second-order valence-corrected chi connectivity index (χ2v) is 10.0. The average Bonchev–Trinajstić information content (AvgIpc) is 3.11. The Morgan fingerprint density at radius 1 is 1.20 bits per heavy atom. The van der Waals surface area contributed by atoms with E-state index in [9.17, 15) is 13.9 Å². The highest BCUT2D eigenvalue weighted by Crippen LogP contribution is 2.43. The van der Waals surface area contributed by atoms with Gasteiger partial charge in [0.2, 0.25) is 5.88 Å². The molecule has 2 aliphatic heterocycles. The minimum absolute atomic E-state index is 0.0680. The van der Waals surface area contributed by atoms with Crippen molar-refractivity contribution < 1.29 is 27.8 Å². The Bertz CT molecular complexity index is 1720. The van der Waals surface area contributed by atoms with Gasteiger partial charge in [-0.15, -0.1) is 6.42 Å². The van der Waals surface area contributed by atoms with Crippen molar-refractivity contribution in [1.82, 2.24) is 15.0 Å². The molecule has 0 fully saturated rings. The van der Waals surface area contributed by atoms with E-state index in [0.29, 0.717) is 30.6 Å². The van der Waals surface area contributed by atoms with Gasteiger partial charge in [-0.1, -0.05) is 31.1 Å². The van der Waals surface area contributed by atoms with Gasteiger partial charge in [0.15, 0.2) is 5.82 Å². The van der Waals surface area contributed by atoms with Gasteiger partial charge in [-0.3, -0.25) is 4.39 Å². The molecule has 40 heavy (non-hydrogen) atoms. The molecular formula is C30H25F3N4O3. The van der Waals surface area contributed by atoms with Crippen LogP contribution in [0.1, 0.15) is 25.3 Å². The molecule has 1 N–H and O–H groups in total. The van der Waals surface area contributed by atoms with Crippen LogP contribution in [0.3, 0.4) is 0 Å². The van der Waals surface area contributed by atoms with Crippen molar-refractivity contribution in [2.24, 2.45) is 5.92 Å². The Kier molecular flexibility index (Phi) is 6.58. The lowest BCUT2D eigenvalue weighted by Crippen LogP contribution is -2.41. The lowest BCUT2D eigenvalue weighted by molar-refractivity contribution is 0.226. The van der Waals surface area contributed by atoms with Crippen LogP contribution in [-0.2, 0) is 0 Å². The van der Waals surface area contributed by atoms with Crippen LogP contribution in [0.15, 0.2) is 36.4 Å². The number of rotatable bonds is 6. The fraction of sp³-hybridized carbons (Fsp3) is 0.300. The van der Waals surface area contributed by atoms with E-state index in [1.807, 2.05) is 24.0 Å². The minimum atomic E-state index is -0.835. The lowest BCUT2D eigenvalue weighted by Gasteiger charge is -2.32. The molecule has 4 aromatic rings. The van der Waals surface area contributed by atoms with Crippen LogP contribution in [0.25, 0.3) is 32.9 Å². The highest BCUT2D eigenvalue weighted by atomic mass is 19.1. The van der Waals surface area contributed by atoms with E-state index in [1.54, 1.807) is 0 Å². The van der Waals surface area contributed by atoms with E-state index in [2.05, 4.69) is 20.9 Å². The smallest absolute Gasteiger partial charge is 0.319 e. The van der Waals surface area contributed by atoms with Gasteiger partial charge >= 0.3 is 6.01 Å². The van der Waals surface area contributed by atoms with Crippen molar-refractivity contribution in [2.45, 2.75) is 25.8 Å². The van der Waals surface area contributed by atoms with Gasteiger partial charge < -0.3 is 19.5 Å². The van der Waals surface area contributed by atoms with E-state index in [0.717, 1.165) is 0 Å². The Morgan fingerprint density at radius 3 is 2.85 bits per heavy atom. The number of aromatic hydroxyl groups is 1. The van der Waals surface area contributed by atoms with E-state index >= 15 is 4.39 Å². The normalized spacial score (nSPS) is 16.8. The number of hydrogen-bond acceptors (Lipinski definition) is 7. The number of hydrogen-bond donors (Lipinski definition) is 1. The molecule has 6 rings (SSSR count). The maximum atomic E-state index is 16.6. The third kappa shape index (κ3) is 4.31. The first-order chi connectivity index (χ1) is 19.4. The van der Waals surface area contributed by atoms with Crippen LogP contribution in [-0.4, -0.2) is 52.5 Å². The van der Waals surface area contributed by atoms with Crippen molar-refractivity contribution in [3.05, 3.63) is 53.6 Å². The molecule has 0 saturated heterocycles. The molecule has 2 aromatic heterocycles. The number of phenolic OH excluding ortho intramolecular Hbond substituents is 1. The number of ether oxygens (including phenoxy) is 2. The third-order valence-corrected chi connectivity index (χ3v) is 7.26. The lowest BCUT2D eigenvalue weighted by atomic mass is 9.95. The number of alkyl halides is 1. The molecule has 10 heteroatoms. The number of fused-ring (bicyclic) bond motifs is 3. The van der Waals surface area contributed by atoms with Gasteiger partial charge in [0, 0.05) is 17.5 Å². The molecule has 0 radical (unpaired) electrons. The van der Waals surface area contributed by atoms with E-state index in [-0.39, 0.29) is 75.9 Å². The Balaban J connectivity index is 1.62. The van der Waals surface area contributed by atoms with Crippen LogP contribution >= 0.6 is 0 Å². The van der Waals surface area contributed by atoms with Crippen molar-refractivity contribution >= 4 is 27.5 Å².